The number of aliphatic hydroxyl groups excluding tert-OH is 1. The van der Waals surface area contributed by atoms with Crippen LogP contribution in [0.4, 0.5) is 5.69 Å². The average molecular weight is 351 g/mol. The maximum absolute atomic E-state index is 12.2. The number of hydrogen-bond acceptors (Lipinski definition) is 3. The van der Waals surface area contributed by atoms with E-state index in [0.717, 1.165) is 29.7 Å². The first-order valence-electron chi connectivity index (χ1n) is 9.12. The first-order valence-corrected chi connectivity index (χ1v) is 9.12. The van der Waals surface area contributed by atoms with Crippen LogP contribution in [0.15, 0.2) is 66.7 Å². The molecule has 0 aliphatic carbocycles. The number of carbonyl (C=O) groups excluding carboxylic acids is 1. The van der Waals surface area contributed by atoms with Crippen molar-refractivity contribution in [2.75, 3.05) is 11.5 Å². The lowest BCUT2D eigenvalue weighted by Gasteiger charge is -2.23. The molecule has 136 valence electrons. The molecule has 26 heavy (non-hydrogen) atoms. The molecule has 1 saturated heterocycles. The zero-order valence-electron chi connectivity index (χ0n) is 15.0. The first-order chi connectivity index (χ1) is 12.7. The van der Waals surface area contributed by atoms with Crippen molar-refractivity contribution in [2.45, 2.75) is 38.5 Å². The topological polar surface area (TPSA) is 49.8 Å². The van der Waals surface area contributed by atoms with Crippen LogP contribution in [0.5, 0.6) is 0 Å². The highest BCUT2D eigenvalue weighted by molar-refractivity contribution is 5.96. The highest BCUT2D eigenvalue weighted by Gasteiger charge is 2.32. The molecule has 4 nitrogen and oxygen atoms in total. The van der Waals surface area contributed by atoms with Crippen LogP contribution in [-0.2, 0) is 9.53 Å². The molecular weight excluding hydrogens is 326 g/mol. The van der Waals surface area contributed by atoms with Gasteiger partial charge in [-0.3, -0.25) is 9.69 Å². The van der Waals surface area contributed by atoms with E-state index in [2.05, 4.69) is 19.1 Å². The fourth-order valence-electron chi connectivity index (χ4n) is 3.10. The third kappa shape index (κ3) is 4.21. The molecule has 2 aromatic rings. The fourth-order valence-corrected chi connectivity index (χ4v) is 3.10. The predicted molar refractivity (Wildman–Crippen MR) is 103 cm³/mol. The highest BCUT2D eigenvalue weighted by Crippen LogP contribution is 2.28. The van der Waals surface area contributed by atoms with Gasteiger partial charge in [0.15, 0.2) is 0 Å². The summed E-state index contributed by atoms with van der Waals surface area (Å²) in [6, 6.07) is 17.0. The lowest BCUT2D eigenvalue weighted by atomic mass is 10.0. The Kier molecular flexibility index (Phi) is 6.21. The maximum atomic E-state index is 12.2. The van der Waals surface area contributed by atoms with Gasteiger partial charge in [-0.1, -0.05) is 68.0 Å². The van der Waals surface area contributed by atoms with Crippen molar-refractivity contribution in [2.24, 2.45) is 0 Å². The lowest BCUT2D eigenvalue weighted by molar-refractivity contribution is -0.117. The van der Waals surface area contributed by atoms with Crippen LogP contribution in [0, 0.1) is 0 Å². The van der Waals surface area contributed by atoms with Gasteiger partial charge in [0.25, 0.3) is 5.91 Å². The molecule has 2 aromatic carbocycles. The van der Waals surface area contributed by atoms with Crippen molar-refractivity contribution in [1.29, 1.82) is 0 Å². The molecule has 1 heterocycles. The number of ether oxygens (including phenoxy) is 1. The Hall–Kier alpha value is -2.43. The molecule has 0 radical (unpaired) electrons. The Balaban J connectivity index is 1.73. The van der Waals surface area contributed by atoms with Crippen LogP contribution in [0.1, 0.15) is 43.4 Å². The molecule has 1 fully saturated rings. The van der Waals surface area contributed by atoms with Crippen molar-refractivity contribution >= 4 is 11.6 Å². The molecule has 0 aromatic heterocycles. The van der Waals surface area contributed by atoms with E-state index in [4.69, 9.17) is 4.74 Å². The van der Waals surface area contributed by atoms with Gasteiger partial charge in [0.05, 0.1) is 0 Å². The number of carbonyl (C=O) groups is 1. The molecule has 0 spiro atoms. The van der Waals surface area contributed by atoms with E-state index in [-0.39, 0.29) is 18.7 Å². The Bertz CT molecular complexity index is 740. The molecule has 0 bridgehead atoms. The van der Waals surface area contributed by atoms with E-state index in [1.165, 1.54) is 0 Å². The van der Waals surface area contributed by atoms with Gasteiger partial charge in [0.2, 0.25) is 0 Å². The number of hydrogen-bond donors (Lipinski definition) is 1. The van der Waals surface area contributed by atoms with Crippen LogP contribution in [-0.4, -0.2) is 23.8 Å². The number of nitrogens with zero attached hydrogens (tertiary/aromatic N) is 1. The number of allylic oxidation sites excluding steroid dienone is 1. The van der Waals surface area contributed by atoms with Crippen LogP contribution in [0.25, 0.3) is 0 Å². The molecule has 4 heteroatoms. The molecule has 1 aliphatic rings. The summed E-state index contributed by atoms with van der Waals surface area (Å²) in [5, 5.41) is 10.5. The molecule has 1 N–H and O–H groups in total. The highest BCUT2D eigenvalue weighted by atomic mass is 16.5. The molecule has 3 rings (SSSR count). The molecule has 1 aliphatic heterocycles. The number of rotatable bonds is 7. The summed E-state index contributed by atoms with van der Waals surface area (Å²) >= 11 is 0. The first kappa shape index (κ1) is 18.4. The van der Waals surface area contributed by atoms with Crippen molar-refractivity contribution in [3.63, 3.8) is 0 Å². The summed E-state index contributed by atoms with van der Waals surface area (Å²) in [7, 11) is 0. The monoisotopic (exact) mass is 351 g/mol. The Morgan fingerprint density at radius 2 is 1.81 bits per heavy atom. The van der Waals surface area contributed by atoms with E-state index in [9.17, 15) is 9.90 Å². The van der Waals surface area contributed by atoms with Crippen molar-refractivity contribution in [3.05, 3.63) is 77.9 Å². The molecular formula is C22H25NO3. The van der Waals surface area contributed by atoms with Crippen molar-refractivity contribution in [3.8, 4) is 0 Å². The second kappa shape index (κ2) is 8.79. The zero-order valence-corrected chi connectivity index (χ0v) is 15.0. The van der Waals surface area contributed by atoms with Gasteiger partial charge < -0.3 is 9.84 Å². The predicted octanol–water partition coefficient (Wildman–Crippen LogP) is 4.20. The van der Waals surface area contributed by atoms with Gasteiger partial charge in [-0.2, -0.15) is 0 Å². The SMILES string of the molecule is CCC/C=C\CC1OCC(=O)N1c1ccc(C(O)c2ccccc2)cc1. The van der Waals surface area contributed by atoms with Gasteiger partial charge in [-0.25, -0.2) is 0 Å². The summed E-state index contributed by atoms with van der Waals surface area (Å²) in [5.74, 6) is -0.0322. The second-order valence-corrected chi connectivity index (χ2v) is 6.43. The van der Waals surface area contributed by atoms with Gasteiger partial charge in [-0.15, -0.1) is 0 Å². The normalized spacial score (nSPS) is 18.6. The van der Waals surface area contributed by atoms with Gasteiger partial charge in [0, 0.05) is 12.1 Å². The number of unbranched alkanes of at least 4 members (excludes halogenated alkanes) is 1. The summed E-state index contributed by atoms with van der Waals surface area (Å²) in [6.45, 7) is 2.25. The summed E-state index contributed by atoms with van der Waals surface area (Å²) < 4.78 is 5.64. The zero-order chi connectivity index (χ0) is 18.4. The van der Waals surface area contributed by atoms with E-state index >= 15 is 0 Å². The number of aliphatic hydroxyl groups is 1. The minimum absolute atomic E-state index is 0.0322. The van der Waals surface area contributed by atoms with Crippen LogP contribution in [0.3, 0.4) is 0 Å². The van der Waals surface area contributed by atoms with Gasteiger partial charge in [-0.05, 0) is 29.7 Å². The molecule has 0 saturated carbocycles. The number of amides is 1. The summed E-state index contributed by atoms with van der Waals surface area (Å²) in [6.07, 6.45) is 6.09. The third-order valence-electron chi connectivity index (χ3n) is 4.52. The Morgan fingerprint density at radius 1 is 1.12 bits per heavy atom. The minimum Gasteiger partial charge on any atom is -0.384 e. The Morgan fingerprint density at radius 3 is 2.50 bits per heavy atom. The quantitative estimate of drug-likeness (QED) is 0.761. The van der Waals surface area contributed by atoms with Crippen LogP contribution >= 0.6 is 0 Å². The van der Waals surface area contributed by atoms with Crippen molar-refractivity contribution in [1.82, 2.24) is 0 Å². The summed E-state index contributed by atoms with van der Waals surface area (Å²) in [5.41, 5.74) is 2.44. The second-order valence-electron chi connectivity index (χ2n) is 6.43. The summed E-state index contributed by atoms with van der Waals surface area (Å²) in [4.78, 5) is 13.9. The number of benzene rings is 2. The smallest absolute Gasteiger partial charge is 0.255 e. The number of anilines is 1. The van der Waals surface area contributed by atoms with Gasteiger partial charge in [0.1, 0.15) is 18.9 Å². The molecule has 1 amide bonds. The Labute approximate surface area is 154 Å². The van der Waals surface area contributed by atoms with Crippen LogP contribution < -0.4 is 4.90 Å². The van der Waals surface area contributed by atoms with E-state index in [0.29, 0.717) is 6.42 Å². The standard InChI is InChI=1S/C22H25NO3/c1-2-3-4-8-11-21-23(20(24)16-26-21)19-14-12-18(13-15-19)22(25)17-9-6-5-7-10-17/h4-10,12-15,21-22,25H,2-3,11,16H2,1H3/b8-4-. The average Bonchev–Trinajstić information content (AvgIpc) is 3.06. The largest absolute Gasteiger partial charge is 0.384 e. The minimum atomic E-state index is -0.677. The maximum Gasteiger partial charge on any atom is 0.255 e. The third-order valence-corrected chi connectivity index (χ3v) is 4.52. The van der Waals surface area contributed by atoms with Crippen molar-refractivity contribution < 1.29 is 14.6 Å². The van der Waals surface area contributed by atoms with Gasteiger partial charge >= 0.3 is 0 Å². The molecule has 2 unspecified atom stereocenters. The van der Waals surface area contributed by atoms with E-state index < -0.39 is 6.10 Å². The van der Waals surface area contributed by atoms with E-state index in [1.807, 2.05) is 54.6 Å². The lowest BCUT2D eigenvalue weighted by Crippen LogP contribution is -2.33. The van der Waals surface area contributed by atoms with Crippen LogP contribution in [0.2, 0.25) is 0 Å². The molecule has 2 atom stereocenters. The fraction of sp³-hybridized carbons (Fsp3) is 0.318. The van der Waals surface area contributed by atoms with E-state index in [1.54, 1.807) is 4.90 Å².